The first-order valence-electron chi connectivity index (χ1n) is 6.72. The number of aliphatic imine (C=N–C) groups is 1. The van der Waals surface area contributed by atoms with Crippen LogP contribution in [0.15, 0.2) is 4.99 Å². The van der Waals surface area contributed by atoms with Crippen LogP contribution in [-0.2, 0) is 9.53 Å². The number of guanidine groups is 1. The largest absolute Gasteiger partial charge is 0.469 e. The highest BCUT2D eigenvalue weighted by Gasteiger charge is 2.24. The molecule has 7 heteroatoms. The van der Waals surface area contributed by atoms with Crippen LogP contribution in [0, 0.1) is 5.92 Å². The molecular weight excluding hydrogens is 389 g/mol. The van der Waals surface area contributed by atoms with E-state index in [0.717, 1.165) is 24.8 Å². The summed E-state index contributed by atoms with van der Waals surface area (Å²) in [7, 11) is 3.19. The molecule has 1 aliphatic rings. The maximum Gasteiger partial charge on any atom is 0.307 e. The highest BCUT2D eigenvalue weighted by Crippen LogP contribution is 2.24. The third-order valence-corrected chi connectivity index (χ3v) is 4.73. The number of nitrogens with zero attached hydrogens (tertiary/aromatic N) is 2. The van der Waals surface area contributed by atoms with Gasteiger partial charge in [0.25, 0.3) is 0 Å². The van der Waals surface area contributed by atoms with E-state index in [2.05, 4.69) is 33.8 Å². The van der Waals surface area contributed by atoms with Gasteiger partial charge in [0.15, 0.2) is 5.96 Å². The monoisotopic (exact) mass is 415 g/mol. The Morgan fingerprint density at radius 3 is 2.80 bits per heavy atom. The van der Waals surface area contributed by atoms with Crippen LogP contribution < -0.4 is 5.32 Å². The van der Waals surface area contributed by atoms with Gasteiger partial charge in [0, 0.05) is 37.7 Å². The third kappa shape index (κ3) is 6.51. The highest BCUT2D eigenvalue weighted by atomic mass is 127. The molecule has 5 nitrogen and oxygen atoms in total. The second-order valence-electron chi connectivity index (χ2n) is 4.90. The number of nitrogens with one attached hydrogen (secondary N) is 1. The van der Waals surface area contributed by atoms with Gasteiger partial charge in [-0.25, -0.2) is 0 Å². The van der Waals surface area contributed by atoms with Crippen molar-refractivity contribution in [2.45, 2.75) is 25.5 Å². The van der Waals surface area contributed by atoms with E-state index < -0.39 is 0 Å². The van der Waals surface area contributed by atoms with Gasteiger partial charge < -0.3 is 15.0 Å². The highest BCUT2D eigenvalue weighted by molar-refractivity contribution is 14.0. The van der Waals surface area contributed by atoms with Gasteiger partial charge in [-0.2, -0.15) is 11.8 Å². The first-order valence-corrected chi connectivity index (χ1v) is 7.77. The lowest BCUT2D eigenvalue weighted by atomic mass is 10.1. The van der Waals surface area contributed by atoms with Crippen LogP contribution in [-0.4, -0.2) is 61.6 Å². The minimum atomic E-state index is -0.197. The molecule has 0 aromatic carbocycles. The molecule has 1 N–H and O–H groups in total. The number of carbonyl (C=O) groups excluding carboxylic acids is 1. The van der Waals surface area contributed by atoms with Crippen molar-refractivity contribution in [1.29, 1.82) is 0 Å². The van der Waals surface area contributed by atoms with Gasteiger partial charge in [-0.05, 0) is 5.92 Å². The molecule has 0 aromatic heterocycles. The fourth-order valence-corrected chi connectivity index (χ4v) is 3.28. The molecule has 1 atom stereocenters. The van der Waals surface area contributed by atoms with Crippen molar-refractivity contribution in [3.8, 4) is 0 Å². The van der Waals surface area contributed by atoms with E-state index in [9.17, 15) is 4.79 Å². The number of hydrogen-bond acceptors (Lipinski definition) is 4. The lowest BCUT2D eigenvalue weighted by molar-refractivity contribution is -0.140. The van der Waals surface area contributed by atoms with Crippen LogP contribution >= 0.6 is 35.7 Å². The topological polar surface area (TPSA) is 53.9 Å². The van der Waals surface area contributed by atoms with Gasteiger partial charge in [-0.1, -0.05) is 13.8 Å². The number of rotatable bonds is 4. The summed E-state index contributed by atoms with van der Waals surface area (Å²) in [6.45, 7) is 7.10. The van der Waals surface area contributed by atoms with Gasteiger partial charge in [-0.3, -0.25) is 9.79 Å². The summed E-state index contributed by atoms with van der Waals surface area (Å²) in [5.41, 5.74) is 0. The third-order valence-electron chi connectivity index (χ3n) is 3.19. The summed E-state index contributed by atoms with van der Waals surface area (Å²) >= 11 is 2.04. The Bertz CT molecular complexity index is 327. The molecule has 1 unspecified atom stereocenters. The smallest absolute Gasteiger partial charge is 0.307 e. The van der Waals surface area contributed by atoms with E-state index in [1.54, 1.807) is 7.05 Å². The molecule has 0 radical (unpaired) electrons. The molecule has 0 bridgehead atoms. The minimum absolute atomic E-state index is 0. The van der Waals surface area contributed by atoms with Crippen molar-refractivity contribution in [2.75, 3.05) is 39.5 Å². The normalized spacial score (nSPS) is 19.6. The Morgan fingerprint density at radius 1 is 1.55 bits per heavy atom. The quantitative estimate of drug-likeness (QED) is 0.329. The number of hydrogen-bond donors (Lipinski definition) is 1. The van der Waals surface area contributed by atoms with Crippen molar-refractivity contribution < 1.29 is 9.53 Å². The maximum absolute atomic E-state index is 11.1. The predicted octanol–water partition coefficient (Wildman–Crippen LogP) is 1.82. The van der Waals surface area contributed by atoms with Gasteiger partial charge in [0.2, 0.25) is 0 Å². The average Bonchev–Trinajstić information content (AvgIpc) is 2.43. The number of esters is 1. The van der Waals surface area contributed by atoms with Crippen LogP contribution in [0.2, 0.25) is 0 Å². The van der Waals surface area contributed by atoms with Crippen molar-refractivity contribution in [3.05, 3.63) is 0 Å². The molecule has 1 fully saturated rings. The predicted molar refractivity (Wildman–Crippen MR) is 96.1 cm³/mol. The summed E-state index contributed by atoms with van der Waals surface area (Å²) in [6, 6.07) is 0. The molecule has 20 heavy (non-hydrogen) atoms. The Hall–Kier alpha value is -0.180. The van der Waals surface area contributed by atoms with Gasteiger partial charge >= 0.3 is 5.97 Å². The van der Waals surface area contributed by atoms with Crippen LogP contribution in [0.5, 0.6) is 0 Å². The van der Waals surface area contributed by atoms with Crippen molar-refractivity contribution >= 4 is 47.7 Å². The van der Waals surface area contributed by atoms with E-state index in [4.69, 9.17) is 0 Å². The number of thioether (sulfide) groups is 1. The lowest BCUT2D eigenvalue weighted by Gasteiger charge is -2.36. The van der Waals surface area contributed by atoms with Crippen molar-refractivity contribution in [3.63, 3.8) is 0 Å². The van der Waals surface area contributed by atoms with Crippen LogP contribution in [0.3, 0.4) is 0 Å². The van der Waals surface area contributed by atoms with Crippen molar-refractivity contribution in [1.82, 2.24) is 10.2 Å². The summed E-state index contributed by atoms with van der Waals surface area (Å²) in [5, 5.41) is 3.88. The SMILES string of the molecule is CN=C(NCCC(=O)OC)N1CCSC(C(C)C)C1.I. The van der Waals surface area contributed by atoms with Crippen LogP contribution in [0.1, 0.15) is 20.3 Å². The molecule has 0 amide bonds. The van der Waals surface area contributed by atoms with Crippen LogP contribution in [0.4, 0.5) is 0 Å². The van der Waals surface area contributed by atoms with Crippen molar-refractivity contribution in [2.24, 2.45) is 10.9 Å². The molecule has 0 spiro atoms. The lowest BCUT2D eigenvalue weighted by Crippen LogP contribution is -2.49. The Kier molecular flexibility index (Phi) is 10.4. The maximum atomic E-state index is 11.1. The second kappa shape index (κ2) is 10.5. The summed E-state index contributed by atoms with van der Waals surface area (Å²) < 4.78 is 4.62. The average molecular weight is 415 g/mol. The first kappa shape index (κ1) is 19.8. The zero-order valence-electron chi connectivity index (χ0n) is 12.7. The fourth-order valence-electron chi connectivity index (χ4n) is 1.98. The summed E-state index contributed by atoms with van der Waals surface area (Å²) in [4.78, 5) is 17.7. The van der Waals surface area contributed by atoms with Gasteiger partial charge in [0.1, 0.15) is 0 Å². The molecule has 0 aromatic rings. The Morgan fingerprint density at radius 2 is 2.25 bits per heavy atom. The van der Waals surface area contributed by atoms with E-state index in [0.29, 0.717) is 24.1 Å². The molecule has 118 valence electrons. The molecule has 1 rings (SSSR count). The summed E-state index contributed by atoms with van der Waals surface area (Å²) in [5.74, 6) is 2.48. The minimum Gasteiger partial charge on any atom is -0.469 e. The summed E-state index contributed by atoms with van der Waals surface area (Å²) in [6.07, 6.45) is 0.367. The first-order chi connectivity index (χ1) is 9.08. The number of halogens is 1. The van der Waals surface area contributed by atoms with E-state index in [1.807, 2.05) is 11.8 Å². The van der Waals surface area contributed by atoms with E-state index >= 15 is 0 Å². The zero-order chi connectivity index (χ0) is 14.3. The molecule has 1 saturated heterocycles. The molecule has 0 saturated carbocycles. The van der Waals surface area contributed by atoms with E-state index in [-0.39, 0.29) is 29.9 Å². The number of carbonyl (C=O) groups is 1. The Labute approximate surface area is 143 Å². The second-order valence-corrected chi connectivity index (χ2v) is 6.25. The number of methoxy groups -OCH3 is 1. The molecular formula is C13H26IN3O2S. The Balaban J connectivity index is 0.00000361. The molecule has 0 aliphatic carbocycles. The zero-order valence-corrected chi connectivity index (χ0v) is 15.9. The van der Waals surface area contributed by atoms with E-state index in [1.165, 1.54) is 7.11 Å². The number of ether oxygens (including phenoxy) is 1. The standard InChI is InChI=1S/C13H25N3O2S.HI/c1-10(2)11-9-16(7-8-19-11)13(14-3)15-6-5-12(17)18-4;/h10-11H,5-9H2,1-4H3,(H,14,15);1H. The van der Waals surface area contributed by atoms with Gasteiger partial charge in [-0.15, -0.1) is 24.0 Å². The molecule has 1 aliphatic heterocycles. The fraction of sp³-hybridized carbons (Fsp3) is 0.846. The van der Waals surface area contributed by atoms with Crippen LogP contribution in [0.25, 0.3) is 0 Å². The van der Waals surface area contributed by atoms with Gasteiger partial charge in [0.05, 0.1) is 13.5 Å². The molecule has 1 heterocycles.